The van der Waals surface area contributed by atoms with E-state index in [1.165, 1.54) is 31.5 Å². The number of pyridine rings is 1. The van der Waals surface area contributed by atoms with Gasteiger partial charge in [-0.3, -0.25) is 44.2 Å². The van der Waals surface area contributed by atoms with Crippen LogP contribution in [-0.2, 0) is 33.3 Å². The van der Waals surface area contributed by atoms with Gasteiger partial charge in [0.2, 0.25) is 11.8 Å². The predicted molar refractivity (Wildman–Crippen MR) is 308 cm³/mol. The largest absolute Gasteiger partial charge is 0.468 e. The molecule has 5 atom stereocenters. The second-order valence-corrected chi connectivity index (χ2v) is 23.2. The Balaban J connectivity index is 0.701. The lowest BCUT2D eigenvalue weighted by molar-refractivity contribution is -0.136. The first kappa shape index (κ1) is 59.4. The van der Waals surface area contributed by atoms with Gasteiger partial charge in [-0.2, -0.15) is 9.97 Å². The van der Waals surface area contributed by atoms with Crippen molar-refractivity contribution in [3.8, 4) is 35.4 Å². The van der Waals surface area contributed by atoms with Crippen molar-refractivity contribution in [1.82, 2.24) is 40.3 Å². The standard InChI is InChI=1S/C61H68F2N10O13/c1-6-40-44(62)14-11-35-27-39(85-34-80-5)28-42(48(35)40)51-50(63)52-43(29-66-51)53(70-30-36-12-13-37(31-70)72(36)59(79)86-60(2,3)4)69-57(68-52)84-33-61-18-8-22-71(61)38(17-19-61)32-83-58(78)65-21-24-82-26-25-81-23-20-64-45-10-7-9-41-49(45)56(77)73(55(41)76)46-15-16-47(74)67-54(46)75/h1,7,9-11,14,27-29,36-38,46,64H,8,12-13,15-26,30-34H2,2-5H3,(H,65,78)(H,67,74,75)/t36?,37?,38-,46?,61-/m1/s1. The van der Waals surface area contributed by atoms with E-state index in [0.29, 0.717) is 47.7 Å². The molecule has 0 radical (unpaired) electrons. The topological polar surface area (TPSA) is 255 Å². The van der Waals surface area contributed by atoms with E-state index >= 15 is 8.78 Å². The van der Waals surface area contributed by atoms with E-state index in [1.54, 1.807) is 29.2 Å². The molecule has 0 spiro atoms. The average molecular weight is 1190 g/mol. The van der Waals surface area contributed by atoms with Crippen LogP contribution in [0.3, 0.4) is 0 Å². The number of piperazine rings is 1. The number of anilines is 2. The van der Waals surface area contributed by atoms with E-state index in [4.69, 9.17) is 49.5 Å². The fourth-order valence-corrected chi connectivity index (χ4v) is 12.8. The van der Waals surface area contributed by atoms with E-state index in [0.717, 1.165) is 50.0 Å². The van der Waals surface area contributed by atoms with Crippen LogP contribution in [0.15, 0.2) is 48.7 Å². The summed E-state index contributed by atoms with van der Waals surface area (Å²) in [6.07, 6.45) is 11.1. The number of rotatable bonds is 21. The van der Waals surface area contributed by atoms with Crippen molar-refractivity contribution in [2.45, 2.75) is 107 Å². The molecule has 25 heteroatoms. The number of ether oxygens (including phenoxy) is 7. The number of halogens is 2. The van der Waals surface area contributed by atoms with E-state index in [9.17, 15) is 28.8 Å². The number of benzene rings is 3. The van der Waals surface area contributed by atoms with Gasteiger partial charge in [-0.25, -0.2) is 18.4 Å². The van der Waals surface area contributed by atoms with Gasteiger partial charge in [-0.15, -0.1) is 6.42 Å². The van der Waals surface area contributed by atoms with Crippen LogP contribution in [0.5, 0.6) is 11.8 Å². The van der Waals surface area contributed by atoms with Gasteiger partial charge in [0.25, 0.3) is 11.8 Å². The van der Waals surface area contributed by atoms with Crippen LogP contribution in [0.25, 0.3) is 32.9 Å². The highest BCUT2D eigenvalue weighted by Crippen LogP contribution is 2.45. The third-order valence-electron chi connectivity index (χ3n) is 16.6. The van der Waals surface area contributed by atoms with Crippen LogP contribution in [0.2, 0.25) is 0 Å². The van der Waals surface area contributed by atoms with Crippen molar-refractivity contribution >= 4 is 69.0 Å². The number of alkyl carbamates (subject to hydrolysis) is 1. The Labute approximate surface area is 494 Å². The molecule has 5 saturated heterocycles. The number of nitrogens with one attached hydrogen (secondary N) is 3. The summed E-state index contributed by atoms with van der Waals surface area (Å²) in [5.74, 6) is -0.669. The average Bonchev–Trinajstić information content (AvgIpc) is 2.53. The lowest BCUT2D eigenvalue weighted by Crippen LogP contribution is -2.57. The number of piperidine rings is 1. The van der Waals surface area contributed by atoms with Gasteiger partial charge in [0.05, 0.1) is 66.1 Å². The van der Waals surface area contributed by atoms with E-state index < -0.39 is 58.5 Å². The molecule has 6 aliphatic rings. The molecule has 3 N–H and O–H groups in total. The Kier molecular flexibility index (Phi) is 17.2. The minimum absolute atomic E-state index is 0.0275. The smallest absolute Gasteiger partial charge is 0.410 e. The minimum atomic E-state index is -1.06. The molecule has 11 rings (SSSR count). The molecule has 2 aromatic heterocycles. The number of aromatic nitrogens is 3. The number of hydrogen-bond acceptors (Lipinski definition) is 19. The molecule has 86 heavy (non-hydrogen) atoms. The number of imide groups is 2. The maximum atomic E-state index is 17.7. The maximum Gasteiger partial charge on any atom is 0.410 e. The van der Waals surface area contributed by atoms with Crippen molar-refractivity contribution in [3.05, 3.63) is 77.0 Å². The van der Waals surface area contributed by atoms with Gasteiger partial charge in [-0.05, 0) is 108 Å². The summed E-state index contributed by atoms with van der Waals surface area (Å²) in [6.45, 7) is 8.61. The minimum Gasteiger partial charge on any atom is -0.468 e. The lowest BCUT2D eigenvalue weighted by atomic mass is 9.95. The van der Waals surface area contributed by atoms with Gasteiger partial charge in [0.15, 0.2) is 12.6 Å². The monoisotopic (exact) mass is 1190 g/mol. The Hall–Kier alpha value is -8.31. The zero-order valence-electron chi connectivity index (χ0n) is 48.3. The van der Waals surface area contributed by atoms with Gasteiger partial charge in [0.1, 0.15) is 53.5 Å². The van der Waals surface area contributed by atoms with Crippen molar-refractivity contribution < 1.29 is 70.7 Å². The molecule has 3 aromatic carbocycles. The predicted octanol–water partition coefficient (Wildman–Crippen LogP) is 6.32. The van der Waals surface area contributed by atoms with E-state index in [-0.39, 0.29) is 135 Å². The number of methoxy groups -OCH3 is 1. The van der Waals surface area contributed by atoms with Gasteiger partial charge in [-0.1, -0.05) is 18.1 Å². The molecular weight excluding hydrogens is 1120 g/mol. The molecular formula is C61H68F2N10O13. The highest BCUT2D eigenvalue weighted by atomic mass is 19.1. The Bertz CT molecular complexity index is 3530. The van der Waals surface area contributed by atoms with Crippen molar-refractivity contribution in [2.75, 3.05) is 96.5 Å². The van der Waals surface area contributed by atoms with E-state index in [1.807, 2.05) is 25.7 Å². The fraction of sp³-hybridized carbons (Fsp3) is 0.492. The maximum absolute atomic E-state index is 17.7. The quantitative estimate of drug-likeness (QED) is 0.0314. The van der Waals surface area contributed by atoms with E-state index in [2.05, 4.69) is 31.8 Å². The lowest BCUT2D eigenvalue weighted by Gasteiger charge is -2.42. The summed E-state index contributed by atoms with van der Waals surface area (Å²) < 4.78 is 73.5. The molecule has 23 nitrogen and oxygen atoms in total. The zero-order valence-corrected chi connectivity index (χ0v) is 48.3. The third kappa shape index (κ3) is 12.0. The van der Waals surface area contributed by atoms with Gasteiger partial charge < -0.3 is 48.7 Å². The number of carbonyl (C=O) groups is 6. The molecule has 8 heterocycles. The highest BCUT2D eigenvalue weighted by molar-refractivity contribution is 6.25. The molecule has 6 aliphatic heterocycles. The first-order valence-electron chi connectivity index (χ1n) is 29.0. The molecule has 3 unspecified atom stereocenters. The number of carbonyl (C=O) groups excluding carboxylic acids is 6. The first-order chi connectivity index (χ1) is 41.4. The van der Waals surface area contributed by atoms with Gasteiger partial charge in [0, 0.05) is 68.6 Å². The summed E-state index contributed by atoms with van der Waals surface area (Å²) in [5, 5.41) is 9.12. The number of terminal acetylenes is 1. The summed E-state index contributed by atoms with van der Waals surface area (Å²) in [5.41, 5.74) is -0.511. The number of nitrogens with zero attached hydrogens (tertiary/aromatic N) is 7. The van der Waals surface area contributed by atoms with Crippen LogP contribution in [0.1, 0.15) is 98.4 Å². The van der Waals surface area contributed by atoms with Crippen LogP contribution in [0, 0.1) is 24.0 Å². The second kappa shape index (κ2) is 25.0. The van der Waals surface area contributed by atoms with Crippen LogP contribution < -0.4 is 30.3 Å². The summed E-state index contributed by atoms with van der Waals surface area (Å²) in [7, 11) is 1.47. The van der Waals surface area contributed by atoms with Crippen LogP contribution >= 0.6 is 0 Å². The summed E-state index contributed by atoms with van der Waals surface area (Å²) in [6, 6.07) is 9.18. The first-order valence-corrected chi connectivity index (χ1v) is 29.0. The number of fused-ring (bicyclic) bond motifs is 6. The molecule has 5 fully saturated rings. The molecule has 0 aliphatic carbocycles. The summed E-state index contributed by atoms with van der Waals surface area (Å²) in [4.78, 5) is 98.5. The third-order valence-corrected chi connectivity index (χ3v) is 16.6. The number of amides is 6. The van der Waals surface area contributed by atoms with Crippen molar-refractivity contribution in [2.24, 2.45) is 0 Å². The van der Waals surface area contributed by atoms with Crippen LogP contribution in [0.4, 0.5) is 29.9 Å². The van der Waals surface area contributed by atoms with Gasteiger partial charge >= 0.3 is 18.2 Å². The Morgan fingerprint density at radius 3 is 2.43 bits per heavy atom. The Morgan fingerprint density at radius 2 is 1.69 bits per heavy atom. The van der Waals surface area contributed by atoms with Crippen molar-refractivity contribution in [3.63, 3.8) is 0 Å². The van der Waals surface area contributed by atoms with Crippen LogP contribution in [-0.4, -0.2) is 187 Å². The Morgan fingerprint density at radius 1 is 0.907 bits per heavy atom. The van der Waals surface area contributed by atoms with Crippen molar-refractivity contribution in [1.29, 1.82) is 0 Å². The zero-order chi connectivity index (χ0) is 60.4. The number of hydrogen-bond donors (Lipinski definition) is 3. The normalized spacial score (nSPS) is 21.8. The molecule has 6 amide bonds. The molecule has 0 saturated carbocycles. The second-order valence-electron chi connectivity index (χ2n) is 23.2. The molecule has 5 aromatic rings. The summed E-state index contributed by atoms with van der Waals surface area (Å²) >= 11 is 0. The molecule has 2 bridgehead atoms. The SMILES string of the molecule is C#Cc1c(F)ccc2cc(OCOC)cc(-c3ncc4c(N5CC6CCC(C5)N6C(=O)OC(C)(C)C)nc(OC[C@]56CCCN5[C@@H](COC(=O)NCCOCCOCCNc5cccc7c5C(=O)N(C5CCC(=O)NC5=O)C7=O)CC6)nc4c3F)c12. The molecule has 454 valence electrons. The fourth-order valence-electron chi connectivity index (χ4n) is 12.8. The highest BCUT2D eigenvalue weighted by Gasteiger charge is 2.51.